The molecule has 2 rings (SSSR count). The summed E-state index contributed by atoms with van der Waals surface area (Å²) in [5, 5.41) is 2.79. The summed E-state index contributed by atoms with van der Waals surface area (Å²) in [7, 11) is 0. The van der Waals surface area contributed by atoms with Gasteiger partial charge in [-0.1, -0.05) is 12.1 Å². The summed E-state index contributed by atoms with van der Waals surface area (Å²) in [5.74, 6) is 0. The van der Waals surface area contributed by atoms with Crippen LogP contribution in [0.5, 0.6) is 0 Å². The second kappa shape index (κ2) is 3.81. The fourth-order valence-electron chi connectivity index (χ4n) is 1.94. The highest BCUT2D eigenvalue weighted by Crippen LogP contribution is 2.33. The molecule has 0 atom stereocenters. The maximum atomic E-state index is 11.7. The Kier molecular flexibility index (Phi) is 2.49. The van der Waals surface area contributed by atoms with E-state index in [1.165, 1.54) is 0 Å². The van der Waals surface area contributed by atoms with Crippen LogP contribution in [0.4, 0.5) is 16.2 Å². The fraction of sp³-hybridized carbons (Fsp3) is 0.364. The molecular formula is C11H15N3O. The molecule has 0 saturated heterocycles. The molecule has 4 nitrogen and oxygen atoms in total. The molecule has 1 aromatic rings. The lowest BCUT2D eigenvalue weighted by Crippen LogP contribution is -2.39. The van der Waals surface area contributed by atoms with Crippen molar-refractivity contribution in [3.63, 3.8) is 0 Å². The van der Waals surface area contributed by atoms with Gasteiger partial charge in [-0.05, 0) is 25.0 Å². The van der Waals surface area contributed by atoms with Crippen molar-refractivity contribution < 1.29 is 4.79 Å². The molecule has 1 aliphatic heterocycles. The van der Waals surface area contributed by atoms with Crippen LogP contribution in [0.1, 0.15) is 12.5 Å². The zero-order valence-corrected chi connectivity index (χ0v) is 8.79. The first-order valence-electron chi connectivity index (χ1n) is 5.16. The Morgan fingerprint density at radius 2 is 2.40 bits per heavy atom. The van der Waals surface area contributed by atoms with Gasteiger partial charge in [0.2, 0.25) is 0 Å². The van der Waals surface area contributed by atoms with Crippen LogP contribution in [0.25, 0.3) is 0 Å². The summed E-state index contributed by atoms with van der Waals surface area (Å²) in [5.41, 5.74) is 8.58. The summed E-state index contributed by atoms with van der Waals surface area (Å²) >= 11 is 0. The van der Waals surface area contributed by atoms with Crippen molar-refractivity contribution in [3.8, 4) is 0 Å². The van der Waals surface area contributed by atoms with E-state index in [1.54, 1.807) is 4.90 Å². The highest BCUT2D eigenvalue weighted by molar-refractivity contribution is 5.97. The molecule has 0 aromatic heterocycles. The van der Waals surface area contributed by atoms with E-state index >= 15 is 0 Å². The third-order valence-electron chi connectivity index (χ3n) is 2.60. The van der Waals surface area contributed by atoms with E-state index in [2.05, 4.69) is 5.32 Å². The van der Waals surface area contributed by atoms with Gasteiger partial charge < -0.3 is 11.1 Å². The van der Waals surface area contributed by atoms with E-state index in [0.717, 1.165) is 24.2 Å². The Labute approximate surface area is 89.1 Å². The maximum Gasteiger partial charge on any atom is 0.321 e. The van der Waals surface area contributed by atoms with Crippen LogP contribution in [-0.2, 0) is 6.42 Å². The number of carbonyl (C=O) groups excluding carboxylic acids is 1. The molecule has 1 aliphatic rings. The summed E-state index contributed by atoms with van der Waals surface area (Å²) in [6, 6.07) is 5.71. The molecule has 15 heavy (non-hydrogen) atoms. The number of fused-ring (bicyclic) bond motifs is 1. The molecule has 0 aliphatic carbocycles. The maximum absolute atomic E-state index is 11.7. The second-order valence-electron chi connectivity index (χ2n) is 3.59. The molecule has 1 aromatic carbocycles. The lowest BCUT2D eigenvalue weighted by molar-refractivity contribution is 0.247. The minimum atomic E-state index is -0.0610. The van der Waals surface area contributed by atoms with Crippen LogP contribution in [0.2, 0.25) is 0 Å². The predicted octanol–water partition coefficient (Wildman–Crippen LogP) is 1.36. The zero-order chi connectivity index (χ0) is 10.8. The number of urea groups is 1. The number of anilines is 2. The largest absolute Gasteiger partial charge is 0.397 e. The Bertz CT molecular complexity index is 389. The first-order valence-corrected chi connectivity index (χ1v) is 5.16. The quantitative estimate of drug-likeness (QED) is 0.680. The molecule has 0 unspecified atom stereocenters. The van der Waals surface area contributed by atoms with Gasteiger partial charge in [0.1, 0.15) is 0 Å². The van der Waals surface area contributed by atoms with Crippen molar-refractivity contribution in [2.75, 3.05) is 23.7 Å². The van der Waals surface area contributed by atoms with Crippen LogP contribution in [0.15, 0.2) is 18.2 Å². The second-order valence-corrected chi connectivity index (χ2v) is 3.59. The van der Waals surface area contributed by atoms with Gasteiger partial charge in [-0.15, -0.1) is 0 Å². The van der Waals surface area contributed by atoms with Crippen LogP contribution >= 0.6 is 0 Å². The number of benzene rings is 1. The van der Waals surface area contributed by atoms with Gasteiger partial charge in [-0.3, -0.25) is 4.90 Å². The number of amides is 2. The van der Waals surface area contributed by atoms with Gasteiger partial charge in [0.05, 0.1) is 11.4 Å². The van der Waals surface area contributed by atoms with E-state index in [9.17, 15) is 4.79 Å². The number of hydrogen-bond donors (Lipinski definition) is 2. The molecule has 2 amide bonds. The number of nitrogens with two attached hydrogens (primary N) is 1. The van der Waals surface area contributed by atoms with Crippen LogP contribution in [0, 0.1) is 0 Å². The Morgan fingerprint density at radius 1 is 1.60 bits per heavy atom. The SMILES string of the molecule is CCNC(=O)N1CCc2cccc(N)c21. The van der Waals surface area contributed by atoms with Gasteiger partial charge >= 0.3 is 6.03 Å². The number of nitrogens with zero attached hydrogens (tertiary/aromatic N) is 1. The average molecular weight is 205 g/mol. The fourth-order valence-corrected chi connectivity index (χ4v) is 1.94. The molecule has 80 valence electrons. The monoisotopic (exact) mass is 205 g/mol. The van der Waals surface area contributed by atoms with E-state index in [0.29, 0.717) is 12.2 Å². The zero-order valence-electron chi connectivity index (χ0n) is 8.79. The van der Waals surface area contributed by atoms with Gasteiger partial charge in [-0.2, -0.15) is 0 Å². The molecule has 0 spiro atoms. The predicted molar refractivity (Wildman–Crippen MR) is 61.0 cm³/mol. The normalized spacial score (nSPS) is 13.8. The summed E-state index contributed by atoms with van der Waals surface area (Å²) < 4.78 is 0. The standard InChI is InChI=1S/C11H15N3O/c1-2-13-11(15)14-7-6-8-4-3-5-9(12)10(8)14/h3-5H,2,6-7,12H2,1H3,(H,13,15). The van der Waals surface area contributed by atoms with Gasteiger partial charge in [-0.25, -0.2) is 4.79 Å². The van der Waals surface area contributed by atoms with Gasteiger partial charge in [0, 0.05) is 13.1 Å². The molecule has 0 saturated carbocycles. The number of carbonyl (C=O) groups is 1. The lowest BCUT2D eigenvalue weighted by Gasteiger charge is -2.18. The molecule has 4 heteroatoms. The molecule has 0 fully saturated rings. The highest BCUT2D eigenvalue weighted by atomic mass is 16.2. The van der Waals surface area contributed by atoms with Crippen LogP contribution in [0.3, 0.4) is 0 Å². The van der Waals surface area contributed by atoms with Crippen molar-refractivity contribution in [2.24, 2.45) is 0 Å². The van der Waals surface area contributed by atoms with Gasteiger partial charge in [0.25, 0.3) is 0 Å². The molecule has 3 N–H and O–H groups in total. The number of nitrogens with one attached hydrogen (secondary N) is 1. The Hall–Kier alpha value is -1.71. The van der Waals surface area contributed by atoms with Crippen molar-refractivity contribution in [2.45, 2.75) is 13.3 Å². The lowest BCUT2D eigenvalue weighted by atomic mass is 10.1. The number of rotatable bonds is 1. The minimum absolute atomic E-state index is 0.0610. The Balaban J connectivity index is 2.31. The third-order valence-corrected chi connectivity index (χ3v) is 2.60. The number of para-hydroxylation sites is 1. The number of nitrogen functional groups attached to an aromatic ring is 1. The molecule has 1 heterocycles. The van der Waals surface area contributed by atoms with E-state index in [-0.39, 0.29) is 6.03 Å². The molecular weight excluding hydrogens is 190 g/mol. The molecule has 0 bridgehead atoms. The van der Waals surface area contributed by atoms with Crippen molar-refractivity contribution >= 4 is 17.4 Å². The third kappa shape index (κ3) is 1.63. The van der Waals surface area contributed by atoms with Gasteiger partial charge in [0.15, 0.2) is 0 Å². The van der Waals surface area contributed by atoms with Crippen molar-refractivity contribution in [1.29, 1.82) is 0 Å². The Morgan fingerprint density at radius 3 is 3.13 bits per heavy atom. The molecule has 0 radical (unpaired) electrons. The number of hydrogen-bond acceptors (Lipinski definition) is 2. The highest BCUT2D eigenvalue weighted by Gasteiger charge is 2.25. The van der Waals surface area contributed by atoms with E-state index < -0.39 is 0 Å². The van der Waals surface area contributed by atoms with Crippen molar-refractivity contribution in [3.05, 3.63) is 23.8 Å². The van der Waals surface area contributed by atoms with Crippen LogP contribution < -0.4 is 16.0 Å². The average Bonchev–Trinajstić information content (AvgIpc) is 2.63. The summed E-state index contributed by atoms with van der Waals surface area (Å²) in [6.07, 6.45) is 0.886. The summed E-state index contributed by atoms with van der Waals surface area (Å²) in [6.45, 7) is 3.26. The van der Waals surface area contributed by atoms with Crippen molar-refractivity contribution in [1.82, 2.24) is 5.32 Å². The summed E-state index contributed by atoms with van der Waals surface area (Å²) in [4.78, 5) is 13.4. The smallest absolute Gasteiger partial charge is 0.321 e. The first kappa shape index (κ1) is 9.83. The van der Waals surface area contributed by atoms with E-state index in [1.807, 2.05) is 25.1 Å². The van der Waals surface area contributed by atoms with E-state index in [4.69, 9.17) is 5.73 Å². The van der Waals surface area contributed by atoms with Crippen LogP contribution in [-0.4, -0.2) is 19.1 Å². The first-order chi connectivity index (χ1) is 7.24. The topological polar surface area (TPSA) is 58.4 Å². The minimum Gasteiger partial charge on any atom is -0.397 e.